The van der Waals surface area contributed by atoms with Gasteiger partial charge in [-0.1, -0.05) is 81.6 Å². The number of carbonyl (C=O) groups excluding carboxylic acids is 1. The Balaban J connectivity index is 1.47. The van der Waals surface area contributed by atoms with Crippen LogP contribution in [0.15, 0.2) is 48.5 Å². The molecule has 0 aromatic heterocycles. The van der Waals surface area contributed by atoms with Crippen LogP contribution in [0.1, 0.15) is 81.2 Å². The molecular formula is C30H39F3N2O2. The minimum atomic E-state index is -4.49. The molecule has 202 valence electrons. The van der Waals surface area contributed by atoms with Gasteiger partial charge in [-0.3, -0.25) is 0 Å². The third-order valence-corrected chi connectivity index (χ3v) is 8.07. The van der Waals surface area contributed by atoms with Crippen LogP contribution in [0, 0.1) is 18.8 Å². The molecule has 2 fully saturated rings. The van der Waals surface area contributed by atoms with E-state index in [1.165, 1.54) is 25.0 Å². The summed E-state index contributed by atoms with van der Waals surface area (Å²) in [5.74, 6) is 1.11. The monoisotopic (exact) mass is 516 g/mol. The van der Waals surface area contributed by atoms with Gasteiger partial charge >= 0.3 is 12.2 Å². The van der Waals surface area contributed by atoms with Crippen LogP contribution in [0.2, 0.25) is 0 Å². The Hall–Kier alpha value is -2.54. The van der Waals surface area contributed by atoms with Gasteiger partial charge in [0.1, 0.15) is 6.10 Å². The van der Waals surface area contributed by atoms with Gasteiger partial charge in [-0.25, -0.2) is 4.79 Å². The molecule has 0 radical (unpaired) electrons. The highest BCUT2D eigenvalue weighted by Crippen LogP contribution is 2.40. The van der Waals surface area contributed by atoms with E-state index < -0.39 is 17.8 Å². The summed E-state index contributed by atoms with van der Waals surface area (Å²) in [6.45, 7) is 9.29. The van der Waals surface area contributed by atoms with Crippen LogP contribution in [0.5, 0.6) is 0 Å². The maximum Gasteiger partial charge on any atom is 0.416 e. The number of aryl methyl sites for hydroxylation is 1. The first-order chi connectivity index (χ1) is 17.5. The maximum absolute atomic E-state index is 13.8. The topological polar surface area (TPSA) is 41.6 Å². The Morgan fingerprint density at radius 3 is 2.22 bits per heavy atom. The number of benzene rings is 2. The van der Waals surface area contributed by atoms with Crippen molar-refractivity contribution in [1.82, 2.24) is 10.2 Å². The summed E-state index contributed by atoms with van der Waals surface area (Å²) in [6, 6.07) is 12.9. The third-order valence-electron chi connectivity index (χ3n) is 8.07. The zero-order valence-corrected chi connectivity index (χ0v) is 22.3. The first-order valence-electron chi connectivity index (χ1n) is 13.4. The van der Waals surface area contributed by atoms with E-state index in [4.69, 9.17) is 4.74 Å². The fourth-order valence-corrected chi connectivity index (χ4v) is 5.91. The van der Waals surface area contributed by atoms with Gasteiger partial charge < -0.3 is 15.0 Å². The van der Waals surface area contributed by atoms with E-state index in [9.17, 15) is 18.0 Å². The molecule has 7 heteroatoms. The summed E-state index contributed by atoms with van der Waals surface area (Å²) in [7, 11) is 0. The van der Waals surface area contributed by atoms with Gasteiger partial charge in [0.05, 0.1) is 24.8 Å². The van der Waals surface area contributed by atoms with Crippen molar-refractivity contribution < 1.29 is 22.7 Å². The maximum atomic E-state index is 13.8. The normalized spacial score (nSPS) is 25.8. The Morgan fingerprint density at radius 2 is 1.65 bits per heavy atom. The van der Waals surface area contributed by atoms with Crippen LogP contribution in [-0.2, 0) is 10.9 Å². The zero-order chi connectivity index (χ0) is 26.8. The van der Waals surface area contributed by atoms with Crippen molar-refractivity contribution in [2.24, 2.45) is 11.8 Å². The number of carbonyl (C=O) groups is 1. The quantitative estimate of drug-likeness (QED) is 0.404. The third kappa shape index (κ3) is 6.49. The average molecular weight is 517 g/mol. The van der Waals surface area contributed by atoms with Gasteiger partial charge in [0.15, 0.2) is 0 Å². The van der Waals surface area contributed by atoms with Gasteiger partial charge in [-0.2, -0.15) is 13.2 Å². The molecule has 4 nitrogen and oxygen atoms in total. The van der Waals surface area contributed by atoms with Crippen LogP contribution in [0.25, 0.3) is 0 Å². The lowest BCUT2D eigenvalue weighted by Crippen LogP contribution is -2.62. The Morgan fingerprint density at radius 1 is 1.05 bits per heavy atom. The van der Waals surface area contributed by atoms with E-state index in [0.29, 0.717) is 30.5 Å². The average Bonchev–Trinajstić information content (AvgIpc) is 2.96. The van der Waals surface area contributed by atoms with Crippen molar-refractivity contribution in [2.75, 3.05) is 13.1 Å². The number of alkyl halides is 3. The second-order valence-corrected chi connectivity index (χ2v) is 11.3. The van der Waals surface area contributed by atoms with Gasteiger partial charge in [-0.05, 0) is 55.2 Å². The number of nitrogens with zero attached hydrogens (tertiary/aromatic N) is 1. The number of amides is 2. The van der Waals surface area contributed by atoms with Crippen LogP contribution in [0.3, 0.4) is 0 Å². The lowest BCUT2D eigenvalue weighted by atomic mass is 9.82. The van der Waals surface area contributed by atoms with Crippen molar-refractivity contribution in [3.63, 3.8) is 0 Å². The summed E-state index contributed by atoms with van der Waals surface area (Å²) in [6.07, 6.45) is -0.534. The molecule has 1 saturated heterocycles. The second kappa shape index (κ2) is 11.1. The fourth-order valence-electron chi connectivity index (χ4n) is 5.91. The van der Waals surface area contributed by atoms with E-state index in [-0.39, 0.29) is 23.2 Å². The Labute approximate surface area is 218 Å². The summed E-state index contributed by atoms with van der Waals surface area (Å²) >= 11 is 0. The number of ether oxygens (including phenoxy) is 1. The SMILES string of the molecule is CCC1(NC(=O)N2CC(OC(c3ccc(C)cc3)c3ccccc3C(F)(F)F)C2)CC(C)CCC(C)C1. The molecule has 0 bridgehead atoms. The molecule has 1 N–H and O–H groups in total. The van der Waals surface area contributed by atoms with Gasteiger partial charge in [0, 0.05) is 5.54 Å². The number of halogens is 3. The van der Waals surface area contributed by atoms with Crippen molar-refractivity contribution >= 4 is 6.03 Å². The summed E-state index contributed by atoms with van der Waals surface area (Å²) in [5.41, 5.74) is 0.861. The standard InChI is InChI=1S/C30H39F3N2O2/c1-5-29(16-21(3)10-11-22(4)17-29)34-28(36)35-18-24(19-35)37-27(23-14-12-20(2)13-15-23)25-8-6-7-9-26(25)30(31,32)33/h6-9,12-15,21-22,24,27H,5,10-11,16-19H2,1-4H3,(H,34,36). The summed E-state index contributed by atoms with van der Waals surface area (Å²) in [5, 5.41) is 3.34. The highest BCUT2D eigenvalue weighted by molar-refractivity contribution is 5.76. The molecule has 1 aliphatic heterocycles. The second-order valence-electron chi connectivity index (χ2n) is 11.3. The molecule has 1 heterocycles. The molecule has 3 unspecified atom stereocenters. The number of nitrogens with one attached hydrogen (secondary N) is 1. The highest BCUT2D eigenvalue weighted by Gasteiger charge is 2.41. The van der Waals surface area contributed by atoms with E-state index in [0.717, 1.165) is 30.9 Å². The van der Waals surface area contributed by atoms with E-state index in [1.54, 1.807) is 11.0 Å². The first kappa shape index (κ1) is 27.5. The van der Waals surface area contributed by atoms with Crippen molar-refractivity contribution in [3.8, 4) is 0 Å². The molecule has 1 saturated carbocycles. The minimum Gasteiger partial charge on any atom is -0.362 e. The Bertz CT molecular complexity index is 1050. The molecule has 3 atom stereocenters. The Kier molecular flexibility index (Phi) is 8.22. The lowest BCUT2D eigenvalue weighted by Gasteiger charge is -2.44. The van der Waals surface area contributed by atoms with Gasteiger partial charge in [0.25, 0.3) is 0 Å². The van der Waals surface area contributed by atoms with Crippen molar-refractivity contribution in [2.45, 2.75) is 83.7 Å². The predicted molar refractivity (Wildman–Crippen MR) is 139 cm³/mol. The summed E-state index contributed by atoms with van der Waals surface area (Å²) < 4.78 is 47.8. The summed E-state index contributed by atoms with van der Waals surface area (Å²) in [4.78, 5) is 14.9. The fraction of sp³-hybridized carbons (Fsp3) is 0.567. The van der Waals surface area contributed by atoms with Gasteiger partial charge in [0.2, 0.25) is 0 Å². The molecule has 2 aromatic rings. The highest BCUT2D eigenvalue weighted by atomic mass is 19.4. The largest absolute Gasteiger partial charge is 0.416 e. The van der Waals surface area contributed by atoms with Crippen LogP contribution < -0.4 is 5.32 Å². The molecular weight excluding hydrogens is 477 g/mol. The zero-order valence-electron chi connectivity index (χ0n) is 22.3. The molecule has 37 heavy (non-hydrogen) atoms. The van der Waals surface area contributed by atoms with Crippen molar-refractivity contribution in [3.05, 3.63) is 70.8 Å². The molecule has 0 spiro atoms. The van der Waals surface area contributed by atoms with E-state index in [1.807, 2.05) is 31.2 Å². The van der Waals surface area contributed by atoms with E-state index >= 15 is 0 Å². The molecule has 2 aromatic carbocycles. The van der Waals surface area contributed by atoms with E-state index in [2.05, 4.69) is 26.1 Å². The molecule has 1 aliphatic carbocycles. The smallest absolute Gasteiger partial charge is 0.362 e. The molecule has 4 rings (SSSR count). The minimum absolute atomic E-state index is 0.0909. The number of hydrogen-bond donors (Lipinski definition) is 1. The number of rotatable bonds is 6. The van der Waals surface area contributed by atoms with Crippen LogP contribution >= 0.6 is 0 Å². The first-order valence-corrected chi connectivity index (χ1v) is 13.4. The predicted octanol–water partition coefficient (Wildman–Crippen LogP) is 7.51. The molecule has 2 aliphatic rings. The lowest BCUT2D eigenvalue weighted by molar-refractivity contribution is -0.140. The number of urea groups is 1. The van der Waals surface area contributed by atoms with Crippen LogP contribution in [-0.4, -0.2) is 35.7 Å². The molecule has 2 amide bonds. The van der Waals surface area contributed by atoms with Gasteiger partial charge in [-0.15, -0.1) is 0 Å². The number of likely N-dealkylation sites (tertiary alicyclic amines) is 1. The van der Waals surface area contributed by atoms with Crippen molar-refractivity contribution in [1.29, 1.82) is 0 Å². The van der Waals surface area contributed by atoms with Crippen LogP contribution in [0.4, 0.5) is 18.0 Å². The number of hydrogen-bond acceptors (Lipinski definition) is 2.